The maximum Gasteiger partial charge on any atom is 0.416 e. The number of hydrogen-bond donors (Lipinski definition) is 1. The van der Waals surface area contributed by atoms with Crippen molar-refractivity contribution in [1.82, 2.24) is 19.7 Å². The molecule has 0 unspecified atom stereocenters. The van der Waals surface area contributed by atoms with Gasteiger partial charge in [0.05, 0.1) is 12.7 Å². The number of hydrogen-bond acceptors (Lipinski definition) is 6. The molecule has 0 fully saturated rings. The van der Waals surface area contributed by atoms with E-state index in [0.717, 1.165) is 24.2 Å². The van der Waals surface area contributed by atoms with Crippen LogP contribution in [0.1, 0.15) is 16.2 Å². The molecule has 0 amide bonds. The summed E-state index contributed by atoms with van der Waals surface area (Å²) in [4.78, 5) is 18.5. The van der Waals surface area contributed by atoms with Crippen LogP contribution in [0.4, 0.5) is 19.0 Å². The molecule has 0 aliphatic rings. The van der Waals surface area contributed by atoms with Gasteiger partial charge in [-0.15, -0.1) is 5.10 Å². The number of rotatable bonds is 2. The molecular weight excluding hydrogens is 279 g/mol. The first-order chi connectivity index (χ1) is 9.31. The summed E-state index contributed by atoms with van der Waals surface area (Å²) in [6.45, 7) is 0. The highest BCUT2D eigenvalue weighted by molar-refractivity contribution is 5.84. The highest BCUT2D eigenvalue weighted by Gasteiger charge is 2.31. The first-order valence-corrected chi connectivity index (χ1v) is 5.16. The van der Waals surface area contributed by atoms with Crippen LogP contribution in [0.25, 0.3) is 5.82 Å². The number of alkyl halides is 3. The summed E-state index contributed by atoms with van der Waals surface area (Å²) in [5.74, 6) is -1.65. The largest absolute Gasteiger partial charge is 0.463 e. The molecule has 2 aromatic rings. The third kappa shape index (κ3) is 2.68. The summed E-state index contributed by atoms with van der Waals surface area (Å²) in [6.07, 6.45) is -3.54. The quantitative estimate of drug-likeness (QED) is 0.829. The number of aromatic nitrogens is 4. The fourth-order valence-electron chi connectivity index (χ4n) is 1.38. The Morgan fingerprint density at radius 3 is 2.70 bits per heavy atom. The van der Waals surface area contributed by atoms with Crippen LogP contribution < -0.4 is 5.73 Å². The fraction of sp³-hybridized carbons (Fsp3) is 0.200. The Labute approximate surface area is 110 Å². The van der Waals surface area contributed by atoms with Crippen molar-refractivity contribution in [3.05, 3.63) is 29.8 Å². The second-order valence-corrected chi connectivity index (χ2v) is 3.64. The van der Waals surface area contributed by atoms with Gasteiger partial charge in [-0.05, 0) is 12.1 Å². The van der Waals surface area contributed by atoms with Gasteiger partial charge in [0.1, 0.15) is 12.1 Å². The number of anilines is 1. The van der Waals surface area contributed by atoms with Gasteiger partial charge >= 0.3 is 12.1 Å². The molecule has 0 bridgehead atoms. The number of nitrogen functional groups attached to an aromatic ring is 1. The molecule has 2 N–H and O–H groups in total. The Kier molecular flexibility index (Phi) is 3.30. The Bertz CT molecular complexity index is 653. The highest BCUT2D eigenvalue weighted by atomic mass is 19.4. The molecule has 0 saturated heterocycles. The minimum Gasteiger partial charge on any atom is -0.463 e. The lowest BCUT2D eigenvalue weighted by atomic mass is 10.2. The minimum absolute atomic E-state index is 0.208. The summed E-state index contributed by atoms with van der Waals surface area (Å²) in [5, 5.41) is 3.66. The molecule has 106 valence electrons. The number of pyridine rings is 1. The maximum absolute atomic E-state index is 12.6. The van der Waals surface area contributed by atoms with Gasteiger partial charge in [-0.25, -0.2) is 19.4 Å². The number of carbonyl (C=O) groups is 1. The number of halogens is 3. The summed E-state index contributed by atoms with van der Waals surface area (Å²) in [5.41, 5.74) is 4.35. The van der Waals surface area contributed by atoms with Crippen molar-refractivity contribution in [3.63, 3.8) is 0 Å². The van der Waals surface area contributed by atoms with E-state index < -0.39 is 17.7 Å². The molecule has 2 rings (SSSR count). The third-order valence-corrected chi connectivity index (χ3v) is 2.25. The molecule has 0 radical (unpaired) electrons. The Balaban J connectivity index is 2.45. The lowest BCUT2D eigenvalue weighted by molar-refractivity contribution is -0.137. The molecule has 2 heterocycles. The Morgan fingerprint density at radius 2 is 2.10 bits per heavy atom. The molecular formula is C10H8F3N5O2. The van der Waals surface area contributed by atoms with Crippen LogP contribution >= 0.6 is 0 Å². The van der Waals surface area contributed by atoms with E-state index in [2.05, 4.69) is 19.8 Å². The molecule has 0 saturated carbocycles. The summed E-state index contributed by atoms with van der Waals surface area (Å²) < 4.78 is 43.2. The van der Waals surface area contributed by atoms with Crippen molar-refractivity contribution in [3.8, 4) is 5.82 Å². The number of nitrogens with zero attached hydrogens (tertiary/aromatic N) is 4. The lowest BCUT2D eigenvalue weighted by Crippen LogP contribution is -2.10. The average molecular weight is 287 g/mol. The first kappa shape index (κ1) is 13.8. The highest BCUT2D eigenvalue weighted by Crippen LogP contribution is 2.30. The second-order valence-electron chi connectivity index (χ2n) is 3.64. The van der Waals surface area contributed by atoms with E-state index >= 15 is 0 Å². The number of methoxy groups -OCH3 is 1. The van der Waals surface area contributed by atoms with Crippen molar-refractivity contribution >= 4 is 11.8 Å². The molecule has 0 aliphatic heterocycles. The van der Waals surface area contributed by atoms with E-state index in [4.69, 9.17) is 5.73 Å². The fourth-order valence-corrected chi connectivity index (χ4v) is 1.38. The summed E-state index contributed by atoms with van der Waals surface area (Å²) in [6, 6.07) is 1.44. The molecule has 7 nitrogen and oxygen atoms in total. The maximum atomic E-state index is 12.6. The third-order valence-electron chi connectivity index (χ3n) is 2.25. The zero-order valence-electron chi connectivity index (χ0n) is 10.0. The van der Waals surface area contributed by atoms with Crippen molar-refractivity contribution in [1.29, 1.82) is 0 Å². The van der Waals surface area contributed by atoms with Crippen LogP contribution in [0.5, 0.6) is 0 Å². The van der Waals surface area contributed by atoms with E-state index in [0.29, 0.717) is 6.07 Å². The zero-order valence-corrected chi connectivity index (χ0v) is 10.0. The number of ether oxygens (including phenoxy) is 1. The van der Waals surface area contributed by atoms with Crippen LogP contribution in [-0.2, 0) is 10.9 Å². The van der Waals surface area contributed by atoms with E-state index in [9.17, 15) is 18.0 Å². The monoisotopic (exact) mass is 287 g/mol. The van der Waals surface area contributed by atoms with Gasteiger partial charge in [0.25, 0.3) is 5.82 Å². The molecule has 10 heteroatoms. The standard InChI is InChI=1S/C10H8F3N5O2/c1-20-9(19)8-15-4-18(17-8)7-3-5(10(11,12)13)2-6(14)16-7/h2-4H,1H3,(H2,14,16). The van der Waals surface area contributed by atoms with E-state index in [1.54, 1.807) is 0 Å². The number of nitrogens with two attached hydrogens (primary N) is 1. The predicted molar refractivity (Wildman–Crippen MR) is 59.9 cm³/mol. The minimum atomic E-state index is -4.57. The van der Waals surface area contributed by atoms with Gasteiger partial charge in [-0.3, -0.25) is 0 Å². The summed E-state index contributed by atoms with van der Waals surface area (Å²) in [7, 11) is 1.13. The lowest BCUT2D eigenvalue weighted by Gasteiger charge is -2.09. The Morgan fingerprint density at radius 1 is 1.40 bits per heavy atom. The van der Waals surface area contributed by atoms with Gasteiger partial charge < -0.3 is 10.5 Å². The first-order valence-electron chi connectivity index (χ1n) is 5.16. The predicted octanol–water partition coefficient (Wildman–Crippen LogP) is 1.05. The smallest absolute Gasteiger partial charge is 0.416 e. The van der Waals surface area contributed by atoms with E-state index in [1.165, 1.54) is 0 Å². The summed E-state index contributed by atoms with van der Waals surface area (Å²) >= 11 is 0. The van der Waals surface area contributed by atoms with Crippen LogP contribution in [0, 0.1) is 0 Å². The number of carbonyl (C=O) groups excluding carboxylic acids is 1. The van der Waals surface area contributed by atoms with E-state index in [1.807, 2.05) is 0 Å². The molecule has 0 aliphatic carbocycles. The van der Waals surface area contributed by atoms with Crippen molar-refractivity contribution in [2.45, 2.75) is 6.18 Å². The van der Waals surface area contributed by atoms with Gasteiger partial charge in [0.2, 0.25) is 0 Å². The Hall–Kier alpha value is -2.65. The van der Waals surface area contributed by atoms with Crippen LogP contribution in [0.3, 0.4) is 0 Å². The van der Waals surface area contributed by atoms with Crippen LogP contribution in [0.2, 0.25) is 0 Å². The van der Waals surface area contributed by atoms with E-state index in [-0.39, 0.29) is 17.5 Å². The molecule has 20 heavy (non-hydrogen) atoms. The normalized spacial score (nSPS) is 11.4. The van der Waals surface area contributed by atoms with Crippen LogP contribution in [-0.4, -0.2) is 32.8 Å². The van der Waals surface area contributed by atoms with Gasteiger partial charge in [-0.2, -0.15) is 13.2 Å². The van der Waals surface area contributed by atoms with Crippen LogP contribution in [0.15, 0.2) is 18.5 Å². The number of esters is 1. The van der Waals surface area contributed by atoms with Crippen molar-refractivity contribution in [2.75, 3.05) is 12.8 Å². The van der Waals surface area contributed by atoms with Gasteiger partial charge in [0.15, 0.2) is 5.82 Å². The topological polar surface area (TPSA) is 95.9 Å². The average Bonchev–Trinajstić information content (AvgIpc) is 2.85. The molecule has 0 spiro atoms. The van der Waals surface area contributed by atoms with Gasteiger partial charge in [0, 0.05) is 0 Å². The molecule has 2 aromatic heterocycles. The van der Waals surface area contributed by atoms with Crippen molar-refractivity contribution in [2.24, 2.45) is 0 Å². The molecule has 0 atom stereocenters. The molecule has 0 aromatic carbocycles. The SMILES string of the molecule is COC(=O)c1ncn(-c2cc(C(F)(F)F)cc(N)n2)n1. The van der Waals surface area contributed by atoms with Crippen molar-refractivity contribution < 1.29 is 22.7 Å². The van der Waals surface area contributed by atoms with Gasteiger partial charge in [-0.1, -0.05) is 0 Å². The second kappa shape index (κ2) is 4.79. The zero-order chi connectivity index (χ0) is 14.9.